The van der Waals surface area contributed by atoms with Crippen molar-refractivity contribution in [1.29, 1.82) is 0 Å². The van der Waals surface area contributed by atoms with E-state index in [0.717, 1.165) is 73.6 Å². The molecule has 2 aliphatic rings. The number of fused-ring (bicyclic) bond motifs is 1. The summed E-state index contributed by atoms with van der Waals surface area (Å²) in [6, 6.07) is 4.34. The van der Waals surface area contributed by atoms with Gasteiger partial charge in [-0.2, -0.15) is 0 Å². The first-order valence-corrected chi connectivity index (χ1v) is 13.3. The van der Waals surface area contributed by atoms with Gasteiger partial charge in [0.2, 0.25) is 5.91 Å². The summed E-state index contributed by atoms with van der Waals surface area (Å²) in [4.78, 5) is 56.4. The minimum Gasteiger partial charge on any atom is -0.480 e. The molecule has 2 fully saturated rings. The fourth-order valence-electron chi connectivity index (χ4n) is 5.57. The number of ketones is 1. The van der Waals surface area contributed by atoms with E-state index < -0.39 is 30.2 Å². The maximum absolute atomic E-state index is 13.6. The van der Waals surface area contributed by atoms with Crippen LogP contribution in [0, 0.1) is 5.92 Å². The Hall–Kier alpha value is -2.68. The molecule has 0 aliphatic heterocycles. The molecule has 8 nitrogen and oxygen atoms in total. The highest BCUT2D eigenvalue weighted by molar-refractivity contribution is 9.10. The fraction of sp³-hybridized carbons (Fsp3) is 0.538. The van der Waals surface area contributed by atoms with Gasteiger partial charge in [-0.3, -0.25) is 19.2 Å². The first-order valence-electron chi connectivity index (χ1n) is 12.5. The third kappa shape index (κ3) is 5.94. The van der Waals surface area contributed by atoms with Crippen LogP contribution < -0.4 is 5.32 Å². The largest absolute Gasteiger partial charge is 0.480 e. The van der Waals surface area contributed by atoms with Crippen molar-refractivity contribution in [2.75, 3.05) is 6.54 Å². The van der Waals surface area contributed by atoms with Crippen LogP contribution >= 0.6 is 15.9 Å². The molecule has 1 heterocycles. The van der Waals surface area contributed by atoms with Crippen molar-refractivity contribution in [2.45, 2.75) is 76.3 Å². The standard InChI is InChI=1S/C26H32BrN3O5/c27-17-11-12-19-20(14-28-21(19)13-17)24(33)26(35)30(15-22(31)32)23(16-7-3-1-4-8-16)25(34)29-18-9-5-2-6-10-18/h11-14,16,18,23,28H,1-10,15H2,(H,29,34)(H,31,32). The van der Waals surface area contributed by atoms with Crippen LogP contribution in [0.3, 0.4) is 0 Å². The number of halogens is 1. The van der Waals surface area contributed by atoms with E-state index in [-0.39, 0.29) is 23.4 Å². The Balaban J connectivity index is 1.65. The number of carboxylic acids is 1. The summed E-state index contributed by atoms with van der Waals surface area (Å²) >= 11 is 3.39. The van der Waals surface area contributed by atoms with Crippen molar-refractivity contribution in [3.8, 4) is 0 Å². The summed E-state index contributed by atoms with van der Waals surface area (Å²) in [5.41, 5.74) is 0.849. The minimum atomic E-state index is -1.25. The maximum atomic E-state index is 13.6. The summed E-state index contributed by atoms with van der Waals surface area (Å²) in [6.45, 7) is -0.697. The highest BCUT2D eigenvalue weighted by atomic mass is 79.9. The van der Waals surface area contributed by atoms with Gasteiger partial charge in [0.15, 0.2) is 0 Å². The number of nitrogens with one attached hydrogen (secondary N) is 2. The second kappa shape index (κ2) is 11.4. The number of hydrogen-bond acceptors (Lipinski definition) is 4. The van der Waals surface area contributed by atoms with Gasteiger partial charge in [0.1, 0.15) is 12.6 Å². The molecule has 4 rings (SSSR count). The Kier molecular flexibility index (Phi) is 8.26. The number of carboxylic acid groups (broad SMARTS) is 1. The third-order valence-electron chi connectivity index (χ3n) is 7.30. The Morgan fingerprint density at radius 2 is 1.69 bits per heavy atom. The number of aromatic amines is 1. The Labute approximate surface area is 212 Å². The highest BCUT2D eigenvalue weighted by Crippen LogP contribution is 2.31. The van der Waals surface area contributed by atoms with E-state index >= 15 is 0 Å². The van der Waals surface area contributed by atoms with Crippen LogP contribution in [0.25, 0.3) is 10.9 Å². The van der Waals surface area contributed by atoms with Crippen LogP contribution in [0.5, 0.6) is 0 Å². The fourth-order valence-corrected chi connectivity index (χ4v) is 5.93. The van der Waals surface area contributed by atoms with E-state index in [4.69, 9.17) is 0 Å². The number of benzene rings is 1. The summed E-state index contributed by atoms with van der Waals surface area (Å²) in [5, 5.41) is 13.3. The molecule has 1 atom stereocenters. The van der Waals surface area contributed by atoms with E-state index in [9.17, 15) is 24.3 Å². The molecular formula is C26H32BrN3O5. The van der Waals surface area contributed by atoms with Gasteiger partial charge in [0, 0.05) is 27.6 Å². The van der Waals surface area contributed by atoms with Gasteiger partial charge in [-0.25, -0.2) is 0 Å². The molecule has 1 unspecified atom stereocenters. The van der Waals surface area contributed by atoms with Crippen LogP contribution in [0.15, 0.2) is 28.9 Å². The van der Waals surface area contributed by atoms with E-state index in [0.29, 0.717) is 10.9 Å². The molecule has 3 N–H and O–H groups in total. The van der Waals surface area contributed by atoms with Crippen molar-refractivity contribution in [3.63, 3.8) is 0 Å². The Bertz CT molecular complexity index is 1100. The van der Waals surface area contributed by atoms with Gasteiger partial charge in [0.25, 0.3) is 11.7 Å². The van der Waals surface area contributed by atoms with E-state index in [1.165, 1.54) is 6.20 Å². The van der Waals surface area contributed by atoms with Crippen LogP contribution in [0.1, 0.15) is 74.6 Å². The zero-order valence-corrected chi connectivity index (χ0v) is 21.3. The van der Waals surface area contributed by atoms with Gasteiger partial charge >= 0.3 is 5.97 Å². The maximum Gasteiger partial charge on any atom is 0.323 e. The number of rotatable bonds is 8. The second-order valence-corrected chi connectivity index (χ2v) is 10.7. The summed E-state index contributed by atoms with van der Waals surface area (Å²) < 4.78 is 0.821. The first kappa shape index (κ1) is 25.4. The van der Waals surface area contributed by atoms with Crippen molar-refractivity contribution in [2.24, 2.45) is 5.92 Å². The lowest BCUT2D eigenvalue weighted by Crippen LogP contribution is -2.58. The number of H-pyrrole nitrogens is 1. The molecule has 1 aromatic carbocycles. The molecule has 2 aliphatic carbocycles. The molecule has 1 aromatic heterocycles. The average molecular weight is 546 g/mol. The minimum absolute atomic E-state index is 0.0203. The monoisotopic (exact) mass is 545 g/mol. The molecule has 35 heavy (non-hydrogen) atoms. The van der Waals surface area contributed by atoms with Gasteiger partial charge in [-0.15, -0.1) is 0 Å². The second-order valence-electron chi connectivity index (χ2n) is 9.73. The zero-order chi connectivity index (χ0) is 24.9. The summed E-state index contributed by atoms with van der Waals surface area (Å²) in [7, 11) is 0. The van der Waals surface area contributed by atoms with Gasteiger partial charge < -0.3 is 20.3 Å². The number of carbonyl (C=O) groups excluding carboxylic acids is 3. The van der Waals surface area contributed by atoms with E-state index in [1.807, 2.05) is 0 Å². The van der Waals surface area contributed by atoms with Gasteiger partial charge in [-0.1, -0.05) is 60.5 Å². The van der Waals surface area contributed by atoms with E-state index in [1.54, 1.807) is 18.2 Å². The van der Waals surface area contributed by atoms with Crippen molar-refractivity contribution in [3.05, 3.63) is 34.4 Å². The van der Waals surface area contributed by atoms with Crippen LogP contribution in [-0.2, 0) is 14.4 Å². The average Bonchev–Trinajstić information content (AvgIpc) is 3.26. The molecule has 0 radical (unpaired) electrons. The zero-order valence-electron chi connectivity index (χ0n) is 19.7. The lowest BCUT2D eigenvalue weighted by atomic mass is 9.82. The normalized spacial score (nSPS) is 18.2. The molecule has 188 valence electrons. The third-order valence-corrected chi connectivity index (χ3v) is 7.79. The predicted molar refractivity (Wildman–Crippen MR) is 135 cm³/mol. The molecular weight excluding hydrogens is 514 g/mol. The summed E-state index contributed by atoms with van der Waals surface area (Å²) in [6.07, 6.45) is 10.7. The number of carbonyl (C=O) groups is 4. The van der Waals surface area contributed by atoms with Crippen LogP contribution in [0.4, 0.5) is 0 Å². The molecule has 0 bridgehead atoms. The number of aliphatic carboxylic acids is 1. The molecule has 2 saturated carbocycles. The number of Topliss-reactive ketones (excluding diaryl/α,β-unsaturated/α-hetero) is 1. The SMILES string of the molecule is O=C(O)CN(C(=O)C(=O)c1c[nH]c2cc(Br)ccc12)C(C(=O)NC1CCCCC1)C1CCCCC1. The Morgan fingerprint density at radius 3 is 2.34 bits per heavy atom. The first-order chi connectivity index (χ1) is 16.8. The van der Waals surface area contributed by atoms with Gasteiger partial charge in [0.05, 0.1) is 5.56 Å². The lowest BCUT2D eigenvalue weighted by molar-refractivity contribution is -0.148. The van der Waals surface area contributed by atoms with Crippen molar-refractivity contribution >= 4 is 50.4 Å². The number of hydrogen-bond donors (Lipinski definition) is 3. The molecule has 2 amide bonds. The van der Waals surface area contributed by atoms with Crippen molar-refractivity contribution in [1.82, 2.24) is 15.2 Å². The van der Waals surface area contributed by atoms with E-state index in [2.05, 4.69) is 26.2 Å². The predicted octanol–water partition coefficient (Wildman–Crippen LogP) is 4.42. The lowest BCUT2D eigenvalue weighted by Gasteiger charge is -2.38. The number of aromatic nitrogens is 1. The molecule has 0 saturated heterocycles. The smallest absolute Gasteiger partial charge is 0.323 e. The van der Waals surface area contributed by atoms with Crippen molar-refractivity contribution < 1.29 is 24.3 Å². The summed E-state index contributed by atoms with van der Waals surface area (Å²) in [5.74, 6) is -3.53. The topological polar surface area (TPSA) is 120 Å². The van der Waals surface area contributed by atoms with Crippen LogP contribution in [0.2, 0.25) is 0 Å². The molecule has 0 spiro atoms. The highest BCUT2D eigenvalue weighted by Gasteiger charge is 2.41. The number of amides is 2. The molecule has 9 heteroatoms. The number of nitrogens with zero attached hydrogens (tertiary/aromatic N) is 1. The quantitative estimate of drug-likeness (QED) is 0.335. The van der Waals surface area contributed by atoms with Crippen LogP contribution in [-0.4, -0.2) is 57.2 Å². The van der Waals surface area contributed by atoms with Gasteiger partial charge in [-0.05, 0) is 43.7 Å². The molecule has 2 aromatic rings. The Morgan fingerprint density at radius 1 is 1.03 bits per heavy atom.